The summed E-state index contributed by atoms with van der Waals surface area (Å²) in [6.45, 7) is 2.00. The van der Waals surface area contributed by atoms with Gasteiger partial charge in [0, 0.05) is 24.0 Å². The van der Waals surface area contributed by atoms with E-state index in [9.17, 15) is 0 Å². The molecule has 4 nitrogen and oxygen atoms in total. The average Bonchev–Trinajstić information content (AvgIpc) is 2.98. The molecule has 2 N–H and O–H groups in total. The third-order valence-electron chi connectivity index (χ3n) is 3.18. The van der Waals surface area contributed by atoms with E-state index >= 15 is 0 Å². The highest BCUT2D eigenvalue weighted by molar-refractivity contribution is 7.15. The van der Waals surface area contributed by atoms with Crippen molar-refractivity contribution in [1.82, 2.24) is 9.38 Å². The van der Waals surface area contributed by atoms with Crippen molar-refractivity contribution in [2.75, 3.05) is 7.11 Å². The fourth-order valence-corrected chi connectivity index (χ4v) is 3.13. The lowest BCUT2D eigenvalue weighted by Gasteiger charge is -2.02. The topological polar surface area (TPSA) is 52.5 Å². The minimum Gasteiger partial charge on any atom is -0.497 e. The summed E-state index contributed by atoms with van der Waals surface area (Å²) in [7, 11) is 1.67. The molecule has 3 rings (SSSR count). The lowest BCUT2D eigenvalue weighted by atomic mass is 10.1. The molecule has 0 radical (unpaired) electrons. The molecule has 1 aromatic carbocycles. The number of hydrogen-bond acceptors (Lipinski definition) is 4. The number of nitrogens with two attached hydrogens (primary N) is 1. The second-order valence-corrected chi connectivity index (χ2v) is 5.75. The van der Waals surface area contributed by atoms with Gasteiger partial charge in [0.1, 0.15) is 5.75 Å². The van der Waals surface area contributed by atoms with E-state index in [0.29, 0.717) is 0 Å². The molecule has 0 saturated heterocycles. The maximum Gasteiger partial charge on any atom is 0.194 e. The number of imidazole rings is 1. The number of thiazole rings is 1. The van der Waals surface area contributed by atoms with E-state index in [1.54, 1.807) is 18.4 Å². The Morgan fingerprint density at radius 1 is 1.35 bits per heavy atom. The largest absolute Gasteiger partial charge is 0.497 e. The number of rotatable bonds is 4. The van der Waals surface area contributed by atoms with Gasteiger partial charge in [0.2, 0.25) is 0 Å². The van der Waals surface area contributed by atoms with Crippen molar-refractivity contribution < 1.29 is 4.74 Å². The fraction of sp³-hybridized carbons (Fsp3) is 0.267. The average molecular weight is 287 g/mol. The van der Waals surface area contributed by atoms with Gasteiger partial charge in [-0.1, -0.05) is 0 Å². The summed E-state index contributed by atoms with van der Waals surface area (Å²) < 4.78 is 7.32. The van der Waals surface area contributed by atoms with Crippen LogP contribution in [0.15, 0.2) is 35.8 Å². The third-order valence-corrected chi connectivity index (χ3v) is 4.02. The van der Waals surface area contributed by atoms with Gasteiger partial charge >= 0.3 is 0 Å². The zero-order valence-corrected chi connectivity index (χ0v) is 12.4. The second-order valence-electron chi connectivity index (χ2n) is 4.92. The van der Waals surface area contributed by atoms with Crippen molar-refractivity contribution in [3.8, 4) is 17.0 Å². The number of ether oxygens (including phenoxy) is 1. The van der Waals surface area contributed by atoms with Crippen molar-refractivity contribution in [3.63, 3.8) is 0 Å². The summed E-state index contributed by atoms with van der Waals surface area (Å²) in [4.78, 5) is 5.62. The highest BCUT2D eigenvalue weighted by Gasteiger charge is 2.10. The molecule has 0 aliphatic rings. The van der Waals surface area contributed by atoms with E-state index in [1.807, 2.05) is 19.1 Å². The minimum absolute atomic E-state index is 0.129. The molecule has 0 saturated carbocycles. The quantitative estimate of drug-likeness (QED) is 0.802. The van der Waals surface area contributed by atoms with E-state index < -0.39 is 0 Å². The van der Waals surface area contributed by atoms with Gasteiger partial charge in [-0.2, -0.15) is 0 Å². The van der Waals surface area contributed by atoms with Crippen molar-refractivity contribution in [3.05, 3.63) is 41.5 Å². The molecule has 3 aromatic rings. The van der Waals surface area contributed by atoms with E-state index in [-0.39, 0.29) is 6.04 Å². The second kappa shape index (κ2) is 5.26. The summed E-state index contributed by atoms with van der Waals surface area (Å²) >= 11 is 1.65. The third kappa shape index (κ3) is 2.42. The smallest absolute Gasteiger partial charge is 0.194 e. The molecule has 2 aromatic heterocycles. The molecule has 0 bridgehead atoms. The SMILES string of the molecule is COc1ccc(-c2csc3nc(CC(C)N)cn23)cc1. The molecule has 0 fully saturated rings. The molecule has 2 heterocycles. The first-order chi connectivity index (χ1) is 9.67. The maximum atomic E-state index is 5.84. The summed E-state index contributed by atoms with van der Waals surface area (Å²) in [5, 5.41) is 2.12. The van der Waals surface area contributed by atoms with Gasteiger partial charge in [-0.3, -0.25) is 4.40 Å². The Balaban J connectivity index is 1.99. The van der Waals surface area contributed by atoms with E-state index in [0.717, 1.165) is 34.1 Å². The number of nitrogens with zero attached hydrogens (tertiary/aromatic N) is 2. The first kappa shape index (κ1) is 13.1. The molecular weight excluding hydrogens is 270 g/mol. The van der Waals surface area contributed by atoms with Crippen molar-refractivity contribution >= 4 is 16.3 Å². The van der Waals surface area contributed by atoms with Crippen LogP contribution in [-0.2, 0) is 6.42 Å². The Kier molecular flexibility index (Phi) is 3.46. The van der Waals surface area contributed by atoms with Crippen molar-refractivity contribution in [2.24, 2.45) is 5.73 Å². The van der Waals surface area contributed by atoms with Crippen LogP contribution in [0, 0.1) is 0 Å². The Hall–Kier alpha value is -1.85. The summed E-state index contributed by atoms with van der Waals surface area (Å²) in [5.74, 6) is 0.864. The summed E-state index contributed by atoms with van der Waals surface area (Å²) in [6.07, 6.45) is 2.88. The maximum absolute atomic E-state index is 5.84. The predicted octanol–water partition coefficient (Wildman–Crippen LogP) is 2.96. The zero-order valence-electron chi connectivity index (χ0n) is 11.5. The van der Waals surface area contributed by atoms with Gasteiger partial charge < -0.3 is 10.5 Å². The van der Waals surface area contributed by atoms with Crippen LogP contribution in [0.2, 0.25) is 0 Å². The van der Waals surface area contributed by atoms with Gasteiger partial charge in [0.05, 0.1) is 18.5 Å². The van der Waals surface area contributed by atoms with Crippen molar-refractivity contribution in [2.45, 2.75) is 19.4 Å². The van der Waals surface area contributed by atoms with Gasteiger partial charge in [0.25, 0.3) is 0 Å². The standard InChI is InChI=1S/C15H17N3OS/c1-10(16)7-12-8-18-14(9-20-15(18)17-12)11-3-5-13(19-2)6-4-11/h3-6,8-10H,7,16H2,1-2H3. The highest BCUT2D eigenvalue weighted by atomic mass is 32.1. The highest BCUT2D eigenvalue weighted by Crippen LogP contribution is 2.27. The number of fused-ring (bicyclic) bond motifs is 1. The Labute approximate surface area is 121 Å². The molecule has 104 valence electrons. The van der Waals surface area contributed by atoms with E-state index in [1.165, 1.54) is 0 Å². The Morgan fingerprint density at radius 2 is 2.10 bits per heavy atom. The van der Waals surface area contributed by atoms with Crippen LogP contribution in [0.4, 0.5) is 0 Å². The monoisotopic (exact) mass is 287 g/mol. The fourth-order valence-electron chi connectivity index (χ4n) is 2.23. The molecule has 1 unspecified atom stereocenters. The van der Waals surface area contributed by atoms with Gasteiger partial charge in [-0.25, -0.2) is 4.98 Å². The minimum atomic E-state index is 0.129. The van der Waals surface area contributed by atoms with Gasteiger partial charge in [0.15, 0.2) is 4.96 Å². The van der Waals surface area contributed by atoms with E-state index in [4.69, 9.17) is 10.5 Å². The van der Waals surface area contributed by atoms with Crippen LogP contribution in [0.3, 0.4) is 0 Å². The van der Waals surface area contributed by atoms with Crippen LogP contribution in [0.1, 0.15) is 12.6 Å². The zero-order chi connectivity index (χ0) is 14.1. The number of aromatic nitrogens is 2. The molecule has 20 heavy (non-hydrogen) atoms. The van der Waals surface area contributed by atoms with Gasteiger partial charge in [-0.05, 0) is 36.8 Å². The Bertz CT molecular complexity index is 712. The molecule has 0 amide bonds. The first-order valence-corrected chi connectivity index (χ1v) is 7.41. The summed E-state index contributed by atoms with van der Waals surface area (Å²) in [5.41, 5.74) is 9.18. The lowest BCUT2D eigenvalue weighted by molar-refractivity contribution is 0.415. The Morgan fingerprint density at radius 3 is 2.75 bits per heavy atom. The van der Waals surface area contributed by atoms with Crippen molar-refractivity contribution in [1.29, 1.82) is 0 Å². The molecule has 0 aliphatic carbocycles. The molecule has 0 spiro atoms. The number of hydrogen-bond donors (Lipinski definition) is 1. The van der Waals surface area contributed by atoms with Gasteiger partial charge in [-0.15, -0.1) is 11.3 Å². The lowest BCUT2D eigenvalue weighted by Crippen LogP contribution is -2.17. The van der Waals surface area contributed by atoms with Crippen LogP contribution in [0.25, 0.3) is 16.2 Å². The number of benzene rings is 1. The van der Waals surface area contributed by atoms with E-state index in [2.05, 4.69) is 33.1 Å². The number of methoxy groups -OCH3 is 1. The molecule has 1 atom stereocenters. The molecular formula is C15H17N3OS. The van der Waals surface area contributed by atoms with Crippen LogP contribution in [-0.4, -0.2) is 22.5 Å². The van der Waals surface area contributed by atoms with Crippen LogP contribution >= 0.6 is 11.3 Å². The predicted molar refractivity (Wildman–Crippen MR) is 82.4 cm³/mol. The summed E-state index contributed by atoms with van der Waals surface area (Å²) in [6, 6.07) is 8.19. The normalized spacial score (nSPS) is 12.8. The van der Waals surface area contributed by atoms with Crippen LogP contribution in [0.5, 0.6) is 5.75 Å². The first-order valence-electron chi connectivity index (χ1n) is 6.53. The van der Waals surface area contributed by atoms with Crippen LogP contribution < -0.4 is 10.5 Å². The molecule has 5 heteroatoms. The molecule has 0 aliphatic heterocycles.